The summed E-state index contributed by atoms with van der Waals surface area (Å²) in [5.74, 6) is 1.03. The molecule has 1 N–H and O–H groups in total. The van der Waals surface area contributed by atoms with Gasteiger partial charge in [0.15, 0.2) is 0 Å². The summed E-state index contributed by atoms with van der Waals surface area (Å²) in [5, 5.41) is 3.13. The molecule has 2 aromatic heterocycles. The Morgan fingerprint density at radius 3 is 2.78 bits per heavy atom. The molecule has 1 amide bonds. The van der Waals surface area contributed by atoms with E-state index in [0.717, 1.165) is 49.4 Å². The van der Waals surface area contributed by atoms with Crippen LogP contribution in [0.5, 0.6) is 0 Å². The molecule has 1 aliphatic rings. The van der Waals surface area contributed by atoms with Gasteiger partial charge in [0.25, 0.3) is 5.91 Å². The second-order valence-electron chi connectivity index (χ2n) is 8.85. The number of hydrogen-bond acceptors (Lipinski definition) is 5. The number of fused-ring (bicyclic) bond motifs is 1. The van der Waals surface area contributed by atoms with Crippen molar-refractivity contribution in [3.63, 3.8) is 0 Å². The molecule has 2 unspecified atom stereocenters. The van der Waals surface area contributed by atoms with Gasteiger partial charge in [0.1, 0.15) is 0 Å². The van der Waals surface area contributed by atoms with E-state index >= 15 is 0 Å². The Morgan fingerprint density at radius 1 is 1.19 bits per heavy atom. The van der Waals surface area contributed by atoms with Crippen molar-refractivity contribution in [3.05, 3.63) is 60.2 Å². The summed E-state index contributed by atoms with van der Waals surface area (Å²) < 4.78 is 14.9. The summed E-state index contributed by atoms with van der Waals surface area (Å²) in [6.07, 6.45) is 9.74. The molecule has 1 aromatic carbocycles. The van der Waals surface area contributed by atoms with Crippen LogP contribution < -0.4 is 5.32 Å². The van der Waals surface area contributed by atoms with Crippen LogP contribution in [0.3, 0.4) is 0 Å². The summed E-state index contributed by atoms with van der Waals surface area (Å²) >= 11 is 0. The summed E-state index contributed by atoms with van der Waals surface area (Å²) in [5.41, 5.74) is 1.45. The average molecular weight is 454 g/mol. The van der Waals surface area contributed by atoms with E-state index in [9.17, 15) is 9.00 Å². The third kappa shape index (κ3) is 5.61. The van der Waals surface area contributed by atoms with Gasteiger partial charge in [-0.25, -0.2) is 9.97 Å². The van der Waals surface area contributed by atoms with E-state index in [1.54, 1.807) is 23.0 Å². The van der Waals surface area contributed by atoms with E-state index in [1.807, 2.05) is 24.3 Å². The lowest BCUT2D eigenvalue weighted by Crippen LogP contribution is -2.29. The van der Waals surface area contributed by atoms with Crippen molar-refractivity contribution in [1.82, 2.24) is 24.6 Å². The summed E-state index contributed by atoms with van der Waals surface area (Å²) in [6, 6.07) is 7.78. The quantitative estimate of drug-likeness (QED) is 0.594. The number of hydrogen-bond donors (Lipinski definition) is 1. The highest BCUT2D eigenvalue weighted by Gasteiger charge is 2.23. The maximum atomic E-state index is 13.1. The lowest BCUT2D eigenvalue weighted by atomic mass is 10.2. The van der Waals surface area contributed by atoms with Crippen LogP contribution in [0.4, 0.5) is 0 Å². The number of amides is 1. The van der Waals surface area contributed by atoms with Crippen molar-refractivity contribution >= 4 is 22.5 Å². The fourth-order valence-corrected chi connectivity index (χ4v) is 5.68. The van der Waals surface area contributed by atoms with E-state index in [2.05, 4.69) is 34.0 Å². The number of rotatable bonds is 7. The summed E-state index contributed by atoms with van der Waals surface area (Å²) in [7, 11) is -1.000. The number of carbonyl (C=O) groups excluding carboxylic acids is 1. The number of benzene rings is 1. The van der Waals surface area contributed by atoms with Gasteiger partial charge < -0.3 is 10.2 Å². The first-order valence-electron chi connectivity index (χ1n) is 11.3. The average Bonchev–Trinajstić information content (AvgIpc) is 3.15. The molecule has 0 bridgehead atoms. The Balaban J connectivity index is 1.31. The van der Waals surface area contributed by atoms with Crippen molar-refractivity contribution in [1.29, 1.82) is 0 Å². The Labute approximate surface area is 191 Å². The molecular weight excluding hydrogens is 422 g/mol. The molecule has 8 heteroatoms. The Kier molecular flexibility index (Phi) is 7.32. The minimum atomic E-state index is -1.000. The van der Waals surface area contributed by atoms with Gasteiger partial charge in [-0.2, -0.15) is 0 Å². The fourth-order valence-electron chi connectivity index (χ4n) is 4.19. The van der Waals surface area contributed by atoms with E-state index < -0.39 is 10.8 Å². The number of nitrogens with one attached hydrogen (secondary N) is 1. The zero-order valence-electron chi connectivity index (χ0n) is 18.7. The lowest BCUT2D eigenvalue weighted by molar-refractivity contribution is 0.0950. The third-order valence-corrected chi connectivity index (χ3v) is 7.62. The van der Waals surface area contributed by atoms with Gasteiger partial charge in [0, 0.05) is 48.0 Å². The van der Waals surface area contributed by atoms with Crippen LogP contribution >= 0.6 is 0 Å². The highest BCUT2D eigenvalue weighted by atomic mass is 32.2. The van der Waals surface area contributed by atoms with Crippen molar-refractivity contribution in [3.8, 4) is 0 Å². The van der Waals surface area contributed by atoms with Crippen molar-refractivity contribution in [2.75, 3.05) is 19.6 Å². The van der Waals surface area contributed by atoms with Gasteiger partial charge in [0.2, 0.25) is 5.78 Å². The molecular formula is C24H31N5O2S. The van der Waals surface area contributed by atoms with E-state index in [-0.39, 0.29) is 11.2 Å². The summed E-state index contributed by atoms with van der Waals surface area (Å²) in [6.45, 7) is 8.15. The van der Waals surface area contributed by atoms with Crippen molar-refractivity contribution < 1.29 is 9.00 Å². The van der Waals surface area contributed by atoms with Crippen LogP contribution in [0.15, 0.2) is 53.9 Å². The Morgan fingerprint density at radius 2 is 2.00 bits per heavy atom. The lowest BCUT2D eigenvalue weighted by Gasteiger charge is -2.22. The second-order valence-corrected chi connectivity index (χ2v) is 10.6. The van der Waals surface area contributed by atoms with Crippen LogP contribution in [-0.4, -0.2) is 54.3 Å². The molecule has 1 aliphatic heterocycles. The Bertz CT molecular complexity index is 1080. The third-order valence-electron chi connectivity index (χ3n) is 5.81. The van der Waals surface area contributed by atoms with Gasteiger partial charge in [-0.1, -0.05) is 26.0 Å². The number of likely N-dealkylation sites (tertiary alicyclic amines) is 1. The topological polar surface area (TPSA) is 79.6 Å². The van der Waals surface area contributed by atoms with Crippen molar-refractivity contribution in [2.45, 2.75) is 49.8 Å². The van der Waals surface area contributed by atoms with Crippen LogP contribution in [0, 0.1) is 5.92 Å². The van der Waals surface area contributed by atoms with Gasteiger partial charge in [-0.05, 0) is 56.0 Å². The minimum absolute atomic E-state index is 0.190. The second kappa shape index (κ2) is 10.4. The molecule has 0 radical (unpaired) electrons. The monoisotopic (exact) mass is 453 g/mol. The number of imidazole rings is 1. The molecule has 1 saturated heterocycles. The number of nitrogens with zero attached hydrogens (tertiary/aromatic N) is 4. The van der Waals surface area contributed by atoms with E-state index in [0.29, 0.717) is 23.8 Å². The predicted molar refractivity (Wildman–Crippen MR) is 126 cm³/mol. The van der Waals surface area contributed by atoms with E-state index in [1.165, 1.54) is 6.20 Å². The normalized spacial score (nSPS) is 18.5. The largest absolute Gasteiger partial charge is 0.348 e. The number of carbonyl (C=O) groups is 1. The molecule has 1 fully saturated rings. The SMILES string of the molecule is CC(C)CN1CCCC(S(=O)c2ccc(CNC(=O)c3cnc4nccn4c3)cc2)CC1. The van der Waals surface area contributed by atoms with E-state index in [4.69, 9.17) is 0 Å². The first kappa shape index (κ1) is 22.6. The predicted octanol–water partition coefficient (Wildman–Crippen LogP) is 3.28. The fraction of sp³-hybridized carbons (Fsp3) is 0.458. The smallest absolute Gasteiger partial charge is 0.254 e. The highest BCUT2D eigenvalue weighted by molar-refractivity contribution is 7.85. The molecule has 0 aliphatic carbocycles. The first-order valence-corrected chi connectivity index (χ1v) is 12.5. The van der Waals surface area contributed by atoms with Crippen molar-refractivity contribution in [2.24, 2.45) is 5.92 Å². The standard InChI is InChI=1S/C24H31N5O2S/c1-18(2)16-28-11-3-4-21(9-12-28)32(31)22-7-5-19(6-8-22)14-26-23(30)20-15-27-24-25-10-13-29(24)17-20/h5-8,10,13,15,17-18,21H,3-4,9,11-12,14,16H2,1-2H3,(H,26,30). The molecule has 3 heterocycles. The van der Waals surface area contributed by atoms with Crippen LogP contribution in [-0.2, 0) is 17.3 Å². The first-order chi connectivity index (χ1) is 15.5. The molecule has 0 spiro atoms. The van der Waals surface area contributed by atoms with Crippen LogP contribution in [0.1, 0.15) is 49.0 Å². The molecule has 2 atom stereocenters. The minimum Gasteiger partial charge on any atom is -0.348 e. The molecule has 4 rings (SSSR count). The van der Waals surface area contributed by atoms with Gasteiger partial charge >= 0.3 is 0 Å². The van der Waals surface area contributed by atoms with Gasteiger partial charge in [-0.15, -0.1) is 0 Å². The summed E-state index contributed by atoms with van der Waals surface area (Å²) in [4.78, 5) is 24.1. The van der Waals surface area contributed by atoms with Crippen LogP contribution in [0.25, 0.3) is 5.78 Å². The maximum absolute atomic E-state index is 13.1. The van der Waals surface area contributed by atoms with Gasteiger partial charge in [0.05, 0.1) is 16.4 Å². The Hall–Kier alpha value is -2.58. The zero-order chi connectivity index (χ0) is 22.5. The molecule has 3 aromatic rings. The molecule has 7 nitrogen and oxygen atoms in total. The molecule has 170 valence electrons. The van der Waals surface area contributed by atoms with Gasteiger partial charge in [-0.3, -0.25) is 13.4 Å². The molecule has 0 saturated carbocycles. The zero-order valence-corrected chi connectivity index (χ0v) is 19.6. The number of aromatic nitrogens is 3. The van der Waals surface area contributed by atoms with Crippen LogP contribution in [0.2, 0.25) is 0 Å². The molecule has 32 heavy (non-hydrogen) atoms. The highest BCUT2D eigenvalue weighted by Crippen LogP contribution is 2.22. The maximum Gasteiger partial charge on any atom is 0.254 e.